The van der Waals surface area contributed by atoms with Crippen molar-refractivity contribution in [1.82, 2.24) is 4.98 Å². The van der Waals surface area contributed by atoms with E-state index in [0.29, 0.717) is 5.57 Å². The number of carboxylic acid groups (broad SMARTS) is 1. The molecule has 0 aliphatic heterocycles. The molecule has 0 bridgehead atoms. The van der Waals surface area contributed by atoms with Crippen LogP contribution in [0, 0.1) is 6.92 Å². The summed E-state index contributed by atoms with van der Waals surface area (Å²) in [6.07, 6.45) is 3.29. The van der Waals surface area contributed by atoms with Gasteiger partial charge in [-0.3, -0.25) is 4.98 Å². The quantitative estimate of drug-likeness (QED) is 0.701. The molecule has 1 N–H and O–H groups in total. The van der Waals surface area contributed by atoms with Gasteiger partial charge in [-0.05, 0) is 37.6 Å². The van der Waals surface area contributed by atoms with E-state index in [4.69, 9.17) is 5.11 Å². The van der Waals surface area contributed by atoms with Crippen molar-refractivity contribution in [3.8, 4) is 0 Å². The maximum absolute atomic E-state index is 10.5. The first-order chi connectivity index (χ1) is 6.09. The number of hydrogen-bond acceptors (Lipinski definition) is 2. The van der Waals surface area contributed by atoms with E-state index in [1.165, 1.54) is 0 Å². The van der Waals surface area contributed by atoms with Gasteiger partial charge in [0, 0.05) is 17.5 Å². The molecule has 3 heteroatoms. The Morgan fingerprint density at radius 3 is 2.85 bits per heavy atom. The molecule has 0 saturated carbocycles. The molecular weight excluding hydrogens is 166 g/mol. The van der Waals surface area contributed by atoms with Gasteiger partial charge in [-0.1, -0.05) is 0 Å². The van der Waals surface area contributed by atoms with Crippen molar-refractivity contribution in [3.63, 3.8) is 0 Å². The maximum Gasteiger partial charge on any atom is 0.331 e. The number of nitrogens with zero attached hydrogens (tertiary/aromatic N) is 1. The van der Waals surface area contributed by atoms with E-state index in [2.05, 4.69) is 4.98 Å². The number of rotatable bonds is 2. The van der Waals surface area contributed by atoms with Crippen LogP contribution in [0.1, 0.15) is 18.2 Å². The number of hydrogen-bond donors (Lipinski definition) is 1. The van der Waals surface area contributed by atoms with Crippen LogP contribution in [0.15, 0.2) is 23.9 Å². The molecule has 3 nitrogen and oxygen atoms in total. The summed E-state index contributed by atoms with van der Waals surface area (Å²) in [5, 5.41) is 8.63. The lowest BCUT2D eigenvalue weighted by atomic mass is 10.1. The first-order valence-corrected chi connectivity index (χ1v) is 3.94. The van der Waals surface area contributed by atoms with Crippen molar-refractivity contribution in [3.05, 3.63) is 35.2 Å². The van der Waals surface area contributed by atoms with Crippen LogP contribution in [0.5, 0.6) is 0 Å². The minimum atomic E-state index is -0.894. The van der Waals surface area contributed by atoms with Crippen LogP contribution in [0.2, 0.25) is 0 Å². The van der Waals surface area contributed by atoms with Gasteiger partial charge >= 0.3 is 5.97 Å². The van der Waals surface area contributed by atoms with E-state index in [1.807, 2.05) is 13.0 Å². The van der Waals surface area contributed by atoms with Gasteiger partial charge in [0.1, 0.15) is 0 Å². The van der Waals surface area contributed by atoms with Gasteiger partial charge < -0.3 is 5.11 Å². The standard InChI is InChI=1S/C10H11NO2/c1-7(10(12)13)5-9-3-4-11-8(2)6-9/h3-6H,1-2H3,(H,12,13)/b7-5+. The average molecular weight is 177 g/mol. The molecule has 1 rings (SSSR count). The molecule has 0 aliphatic rings. The summed E-state index contributed by atoms with van der Waals surface area (Å²) in [4.78, 5) is 14.5. The molecule has 0 fully saturated rings. The smallest absolute Gasteiger partial charge is 0.331 e. The highest BCUT2D eigenvalue weighted by molar-refractivity contribution is 5.91. The first-order valence-electron chi connectivity index (χ1n) is 3.94. The second kappa shape index (κ2) is 3.85. The van der Waals surface area contributed by atoms with E-state index < -0.39 is 5.97 Å². The fourth-order valence-corrected chi connectivity index (χ4v) is 0.969. The molecule has 0 radical (unpaired) electrons. The molecule has 0 saturated heterocycles. The maximum atomic E-state index is 10.5. The van der Waals surface area contributed by atoms with E-state index in [-0.39, 0.29) is 0 Å². The number of carbonyl (C=O) groups is 1. The Labute approximate surface area is 76.7 Å². The van der Waals surface area contributed by atoms with Crippen LogP contribution in [0.4, 0.5) is 0 Å². The first kappa shape index (κ1) is 9.45. The Kier molecular flexibility index (Phi) is 2.80. The van der Waals surface area contributed by atoms with Crippen molar-refractivity contribution in [2.75, 3.05) is 0 Å². The average Bonchev–Trinajstić information content (AvgIpc) is 2.04. The molecule has 13 heavy (non-hydrogen) atoms. The molecular formula is C10H11NO2. The summed E-state index contributed by atoms with van der Waals surface area (Å²) < 4.78 is 0. The molecule has 0 aliphatic carbocycles. The fraction of sp³-hybridized carbons (Fsp3) is 0.200. The molecule has 0 aromatic carbocycles. The number of aliphatic carboxylic acids is 1. The number of carboxylic acids is 1. The van der Waals surface area contributed by atoms with E-state index in [0.717, 1.165) is 11.3 Å². The fourth-order valence-electron chi connectivity index (χ4n) is 0.969. The van der Waals surface area contributed by atoms with Gasteiger partial charge in [-0.15, -0.1) is 0 Å². The Morgan fingerprint density at radius 2 is 2.31 bits per heavy atom. The van der Waals surface area contributed by atoms with Gasteiger partial charge in [0.15, 0.2) is 0 Å². The number of aryl methyl sites for hydroxylation is 1. The lowest BCUT2D eigenvalue weighted by Crippen LogP contribution is -1.95. The van der Waals surface area contributed by atoms with Crippen molar-refractivity contribution in [1.29, 1.82) is 0 Å². The largest absolute Gasteiger partial charge is 0.478 e. The zero-order valence-corrected chi connectivity index (χ0v) is 7.61. The van der Waals surface area contributed by atoms with Gasteiger partial charge in [0.2, 0.25) is 0 Å². The summed E-state index contributed by atoms with van der Waals surface area (Å²) >= 11 is 0. The lowest BCUT2D eigenvalue weighted by Gasteiger charge is -1.96. The zero-order chi connectivity index (χ0) is 9.84. The molecule has 1 aromatic heterocycles. The lowest BCUT2D eigenvalue weighted by molar-refractivity contribution is -0.132. The normalized spacial score (nSPS) is 11.4. The van der Waals surface area contributed by atoms with Crippen molar-refractivity contribution in [2.24, 2.45) is 0 Å². The summed E-state index contributed by atoms with van der Waals surface area (Å²) in [7, 11) is 0. The molecule has 0 spiro atoms. The minimum Gasteiger partial charge on any atom is -0.478 e. The van der Waals surface area contributed by atoms with Gasteiger partial charge in [-0.25, -0.2) is 4.79 Å². The highest BCUT2D eigenvalue weighted by atomic mass is 16.4. The van der Waals surface area contributed by atoms with Crippen molar-refractivity contribution in [2.45, 2.75) is 13.8 Å². The van der Waals surface area contributed by atoms with Crippen LogP contribution >= 0.6 is 0 Å². The third kappa shape index (κ3) is 2.71. The van der Waals surface area contributed by atoms with Crippen LogP contribution in [0.25, 0.3) is 6.08 Å². The molecule has 1 heterocycles. The highest BCUT2D eigenvalue weighted by Gasteiger charge is 1.99. The van der Waals surface area contributed by atoms with Crippen molar-refractivity contribution >= 4 is 12.0 Å². The molecule has 0 unspecified atom stereocenters. The number of pyridine rings is 1. The Bertz CT molecular complexity index is 356. The monoisotopic (exact) mass is 177 g/mol. The van der Waals surface area contributed by atoms with Crippen LogP contribution in [0.3, 0.4) is 0 Å². The topological polar surface area (TPSA) is 50.2 Å². The SMILES string of the molecule is C/C(=C\c1ccnc(C)c1)C(=O)O. The predicted molar refractivity (Wildman–Crippen MR) is 50.3 cm³/mol. The van der Waals surface area contributed by atoms with Crippen LogP contribution < -0.4 is 0 Å². The van der Waals surface area contributed by atoms with Crippen LogP contribution in [-0.2, 0) is 4.79 Å². The van der Waals surface area contributed by atoms with E-state index >= 15 is 0 Å². The van der Waals surface area contributed by atoms with Gasteiger partial charge in [0.25, 0.3) is 0 Å². The zero-order valence-electron chi connectivity index (χ0n) is 7.61. The molecule has 0 atom stereocenters. The van der Waals surface area contributed by atoms with E-state index in [1.54, 1.807) is 25.3 Å². The predicted octanol–water partition coefficient (Wildman–Crippen LogP) is 1.88. The second-order valence-electron chi connectivity index (χ2n) is 2.86. The Morgan fingerprint density at radius 1 is 1.62 bits per heavy atom. The third-order valence-corrected chi connectivity index (χ3v) is 1.64. The molecule has 68 valence electrons. The van der Waals surface area contributed by atoms with Crippen molar-refractivity contribution < 1.29 is 9.90 Å². The summed E-state index contributed by atoms with van der Waals surface area (Å²) in [5.41, 5.74) is 2.07. The van der Waals surface area contributed by atoms with E-state index in [9.17, 15) is 4.79 Å². The summed E-state index contributed by atoms with van der Waals surface area (Å²) in [6.45, 7) is 3.44. The summed E-state index contributed by atoms with van der Waals surface area (Å²) in [5.74, 6) is -0.894. The Hall–Kier alpha value is -1.64. The van der Waals surface area contributed by atoms with Gasteiger partial charge in [-0.2, -0.15) is 0 Å². The van der Waals surface area contributed by atoms with Crippen LogP contribution in [-0.4, -0.2) is 16.1 Å². The minimum absolute atomic E-state index is 0.325. The third-order valence-electron chi connectivity index (χ3n) is 1.64. The number of aromatic nitrogens is 1. The summed E-state index contributed by atoms with van der Waals surface area (Å²) in [6, 6.07) is 3.62. The highest BCUT2D eigenvalue weighted by Crippen LogP contribution is 2.06. The molecule has 1 aromatic rings. The Balaban J connectivity index is 2.97. The second-order valence-corrected chi connectivity index (χ2v) is 2.86. The van der Waals surface area contributed by atoms with Gasteiger partial charge in [0.05, 0.1) is 0 Å². The molecule has 0 amide bonds.